The van der Waals surface area contributed by atoms with Gasteiger partial charge in [-0.2, -0.15) is 0 Å². The second-order valence-corrected chi connectivity index (χ2v) is 2.96. The van der Waals surface area contributed by atoms with E-state index >= 15 is 0 Å². The van der Waals surface area contributed by atoms with Crippen molar-refractivity contribution >= 4 is 18.3 Å². The van der Waals surface area contributed by atoms with Crippen molar-refractivity contribution in [3.05, 3.63) is 0 Å². The zero-order chi connectivity index (χ0) is 7.56. The van der Waals surface area contributed by atoms with Crippen LogP contribution in [0.15, 0.2) is 0 Å². The number of hydrogen-bond donors (Lipinski definition) is 2. The summed E-state index contributed by atoms with van der Waals surface area (Å²) in [5.74, 6) is -0.291. The van der Waals surface area contributed by atoms with Crippen LogP contribution in [-0.4, -0.2) is 11.9 Å². The van der Waals surface area contributed by atoms with Crippen LogP contribution in [-0.2, 0) is 4.79 Å². The van der Waals surface area contributed by atoms with Crippen molar-refractivity contribution in [2.45, 2.75) is 31.7 Å². The minimum absolute atomic E-state index is 0. The number of hydrogen-bond acceptors (Lipinski definition) is 2. The summed E-state index contributed by atoms with van der Waals surface area (Å²) in [5, 5.41) is 0. The van der Waals surface area contributed by atoms with Crippen molar-refractivity contribution in [2.75, 3.05) is 0 Å². The molecule has 0 spiro atoms. The molecule has 11 heavy (non-hydrogen) atoms. The van der Waals surface area contributed by atoms with Crippen molar-refractivity contribution in [1.82, 2.24) is 0 Å². The predicted octanol–water partition coefficient (Wildman–Crippen LogP) is 0.411. The molecule has 4 heteroatoms. The summed E-state index contributed by atoms with van der Waals surface area (Å²) in [4.78, 5) is 10.7. The first-order chi connectivity index (χ1) is 4.72. The molecule has 4 N–H and O–H groups in total. The standard InChI is InChI=1S/C7H14N2O.ClH/c8-6-4-2-1-3-5(6)7(9)10;/h5-6H,1-4,8H2,(H2,9,10);1H. The highest BCUT2D eigenvalue weighted by molar-refractivity contribution is 5.85. The fourth-order valence-electron chi connectivity index (χ4n) is 1.51. The molecule has 0 aliphatic heterocycles. The normalized spacial score (nSPS) is 30.6. The lowest BCUT2D eigenvalue weighted by Crippen LogP contribution is -2.41. The summed E-state index contributed by atoms with van der Waals surface area (Å²) in [6, 6.07) is 0.0197. The van der Waals surface area contributed by atoms with E-state index in [9.17, 15) is 4.79 Å². The Morgan fingerprint density at radius 2 is 1.82 bits per heavy atom. The Kier molecular flexibility index (Phi) is 4.45. The molecule has 1 amide bonds. The molecule has 1 saturated carbocycles. The van der Waals surface area contributed by atoms with Crippen LogP contribution in [0.2, 0.25) is 0 Å². The number of amides is 1. The van der Waals surface area contributed by atoms with Gasteiger partial charge in [0.1, 0.15) is 0 Å². The maximum Gasteiger partial charge on any atom is 0.222 e. The fourth-order valence-corrected chi connectivity index (χ4v) is 1.51. The zero-order valence-corrected chi connectivity index (χ0v) is 7.27. The average molecular weight is 179 g/mol. The van der Waals surface area contributed by atoms with Gasteiger partial charge in [-0.1, -0.05) is 12.8 Å². The molecule has 1 rings (SSSR count). The summed E-state index contributed by atoms with van der Waals surface area (Å²) in [6.45, 7) is 0. The summed E-state index contributed by atoms with van der Waals surface area (Å²) in [6.07, 6.45) is 4.08. The summed E-state index contributed by atoms with van der Waals surface area (Å²) in [7, 11) is 0. The van der Waals surface area contributed by atoms with Crippen molar-refractivity contribution < 1.29 is 4.79 Å². The van der Waals surface area contributed by atoms with Gasteiger partial charge in [-0.15, -0.1) is 12.4 Å². The maximum atomic E-state index is 10.7. The van der Waals surface area contributed by atoms with Crippen molar-refractivity contribution in [3.8, 4) is 0 Å². The van der Waals surface area contributed by atoms with Crippen molar-refractivity contribution in [2.24, 2.45) is 17.4 Å². The first-order valence-electron chi connectivity index (χ1n) is 3.76. The van der Waals surface area contributed by atoms with Gasteiger partial charge in [0.25, 0.3) is 0 Å². The van der Waals surface area contributed by atoms with Crippen LogP contribution < -0.4 is 11.5 Å². The van der Waals surface area contributed by atoms with E-state index in [1.807, 2.05) is 0 Å². The van der Waals surface area contributed by atoms with Crippen LogP contribution in [0.1, 0.15) is 25.7 Å². The van der Waals surface area contributed by atoms with E-state index in [1.165, 1.54) is 0 Å². The van der Waals surface area contributed by atoms with Gasteiger partial charge >= 0.3 is 0 Å². The molecule has 0 bridgehead atoms. The SMILES string of the molecule is Cl.NC(=O)C1CCCCC1N. The number of nitrogens with two attached hydrogens (primary N) is 2. The lowest BCUT2D eigenvalue weighted by atomic mass is 9.85. The molecule has 2 atom stereocenters. The Morgan fingerprint density at radius 3 is 2.18 bits per heavy atom. The quantitative estimate of drug-likeness (QED) is 0.611. The molecule has 2 unspecified atom stereocenters. The van der Waals surface area contributed by atoms with Crippen LogP contribution in [0.4, 0.5) is 0 Å². The molecule has 0 heterocycles. The molecular formula is C7H15ClN2O. The van der Waals surface area contributed by atoms with Gasteiger partial charge in [0.2, 0.25) is 5.91 Å². The average Bonchev–Trinajstić information content (AvgIpc) is 1.88. The topological polar surface area (TPSA) is 69.1 Å². The van der Waals surface area contributed by atoms with E-state index < -0.39 is 0 Å². The van der Waals surface area contributed by atoms with E-state index in [0.29, 0.717) is 0 Å². The third kappa shape index (κ3) is 2.67. The lowest BCUT2D eigenvalue weighted by molar-refractivity contribution is -0.123. The Morgan fingerprint density at radius 1 is 1.27 bits per heavy atom. The molecular weight excluding hydrogens is 164 g/mol. The summed E-state index contributed by atoms with van der Waals surface area (Å²) < 4.78 is 0. The van der Waals surface area contributed by atoms with Crippen LogP contribution in [0.5, 0.6) is 0 Å². The van der Waals surface area contributed by atoms with Gasteiger partial charge < -0.3 is 11.5 Å². The Bertz CT molecular complexity index is 140. The smallest absolute Gasteiger partial charge is 0.222 e. The Hall–Kier alpha value is -0.280. The molecule has 0 aromatic heterocycles. The van der Waals surface area contributed by atoms with E-state index in [0.717, 1.165) is 25.7 Å². The second kappa shape index (κ2) is 4.57. The monoisotopic (exact) mass is 178 g/mol. The highest BCUT2D eigenvalue weighted by Crippen LogP contribution is 2.22. The lowest BCUT2D eigenvalue weighted by Gasteiger charge is -2.25. The van der Waals surface area contributed by atoms with Crippen LogP contribution in [0.3, 0.4) is 0 Å². The van der Waals surface area contributed by atoms with E-state index in [2.05, 4.69) is 0 Å². The predicted molar refractivity (Wildman–Crippen MR) is 46.4 cm³/mol. The Labute approximate surface area is 72.9 Å². The van der Waals surface area contributed by atoms with Crippen molar-refractivity contribution in [3.63, 3.8) is 0 Å². The van der Waals surface area contributed by atoms with Gasteiger partial charge in [0.15, 0.2) is 0 Å². The molecule has 0 radical (unpaired) electrons. The second-order valence-electron chi connectivity index (χ2n) is 2.96. The molecule has 0 saturated heterocycles. The molecule has 1 aliphatic carbocycles. The van der Waals surface area contributed by atoms with Crippen LogP contribution >= 0.6 is 12.4 Å². The van der Waals surface area contributed by atoms with Crippen molar-refractivity contribution in [1.29, 1.82) is 0 Å². The largest absolute Gasteiger partial charge is 0.369 e. The van der Waals surface area contributed by atoms with Gasteiger partial charge in [-0.25, -0.2) is 0 Å². The fraction of sp³-hybridized carbons (Fsp3) is 0.857. The van der Waals surface area contributed by atoms with Gasteiger partial charge in [0, 0.05) is 6.04 Å². The number of carbonyl (C=O) groups is 1. The molecule has 1 fully saturated rings. The van der Waals surface area contributed by atoms with E-state index in [4.69, 9.17) is 11.5 Å². The first-order valence-corrected chi connectivity index (χ1v) is 3.76. The third-order valence-electron chi connectivity index (χ3n) is 2.18. The number of carbonyl (C=O) groups excluding carboxylic acids is 1. The maximum absolute atomic E-state index is 10.7. The highest BCUT2D eigenvalue weighted by Gasteiger charge is 2.25. The Balaban J connectivity index is 0.000001000. The first kappa shape index (κ1) is 10.7. The van der Waals surface area contributed by atoms with Gasteiger partial charge in [-0.05, 0) is 12.8 Å². The van der Waals surface area contributed by atoms with Crippen LogP contribution in [0.25, 0.3) is 0 Å². The third-order valence-corrected chi connectivity index (χ3v) is 2.18. The van der Waals surface area contributed by atoms with Gasteiger partial charge in [0.05, 0.1) is 5.92 Å². The molecule has 66 valence electrons. The summed E-state index contributed by atoms with van der Waals surface area (Å²) in [5.41, 5.74) is 10.8. The number of rotatable bonds is 1. The van der Waals surface area contributed by atoms with Crippen LogP contribution in [0, 0.1) is 5.92 Å². The van der Waals surface area contributed by atoms with Gasteiger partial charge in [-0.3, -0.25) is 4.79 Å². The number of primary amides is 1. The summed E-state index contributed by atoms with van der Waals surface area (Å²) >= 11 is 0. The highest BCUT2D eigenvalue weighted by atomic mass is 35.5. The molecule has 0 aromatic rings. The number of halogens is 1. The zero-order valence-electron chi connectivity index (χ0n) is 6.45. The molecule has 1 aliphatic rings. The van der Waals surface area contributed by atoms with E-state index in [-0.39, 0.29) is 30.3 Å². The molecule has 0 aromatic carbocycles. The van der Waals surface area contributed by atoms with E-state index in [1.54, 1.807) is 0 Å². The molecule has 3 nitrogen and oxygen atoms in total. The minimum Gasteiger partial charge on any atom is -0.369 e. The minimum atomic E-state index is -0.229.